The van der Waals surface area contributed by atoms with E-state index in [9.17, 15) is 13.2 Å². The molecule has 7 heteroatoms. The average molecular weight is 401 g/mol. The number of nitrogens with zero attached hydrogens (tertiary/aromatic N) is 1. The van der Waals surface area contributed by atoms with Crippen LogP contribution in [-0.4, -0.2) is 44.6 Å². The van der Waals surface area contributed by atoms with Crippen molar-refractivity contribution in [1.82, 2.24) is 9.62 Å². The lowest BCUT2D eigenvalue weighted by molar-refractivity contribution is -0.116. The summed E-state index contributed by atoms with van der Waals surface area (Å²) in [6.07, 6.45) is 3.75. The monoisotopic (exact) mass is 400 g/mol. The molecular formula is C21H24N2O4S. The van der Waals surface area contributed by atoms with Crippen LogP contribution in [0.4, 0.5) is 0 Å². The Labute approximate surface area is 165 Å². The van der Waals surface area contributed by atoms with Gasteiger partial charge in [0.25, 0.3) is 0 Å². The molecule has 0 unspecified atom stereocenters. The summed E-state index contributed by atoms with van der Waals surface area (Å²) in [4.78, 5) is 11.9. The molecule has 0 fully saturated rings. The highest BCUT2D eigenvalue weighted by Crippen LogP contribution is 2.25. The zero-order chi connectivity index (χ0) is 20.0. The SMILES string of the molecule is COc1ccc2c(c1)CCN(S(=O)(=O)CCNC(=O)/C=C/c1ccccc1)C2. The molecule has 0 bridgehead atoms. The quantitative estimate of drug-likeness (QED) is 0.723. The summed E-state index contributed by atoms with van der Waals surface area (Å²) in [6, 6.07) is 15.2. The van der Waals surface area contributed by atoms with Crippen molar-refractivity contribution in [3.05, 3.63) is 71.3 Å². The van der Waals surface area contributed by atoms with Crippen LogP contribution < -0.4 is 10.1 Å². The van der Waals surface area contributed by atoms with Gasteiger partial charge in [0, 0.05) is 25.7 Å². The van der Waals surface area contributed by atoms with Crippen LogP contribution in [-0.2, 0) is 27.8 Å². The van der Waals surface area contributed by atoms with Gasteiger partial charge in [-0.15, -0.1) is 0 Å². The third-order valence-electron chi connectivity index (χ3n) is 4.67. The number of nitrogens with one attached hydrogen (secondary N) is 1. The summed E-state index contributed by atoms with van der Waals surface area (Å²) >= 11 is 0. The number of sulfonamides is 1. The van der Waals surface area contributed by atoms with Crippen LogP contribution in [0, 0.1) is 0 Å². The van der Waals surface area contributed by atoms with Gasteiger partial charge in [-0.05, 0) is 41.3 Å². The first-order chi connectivity index (χ1) is 13.5. The minimum absolute atomic E-state index is 0.0757. The van der Waals surface area contributed by atoms with Crippen LogP contribution >= 0.6 is 0 Å². The highest BCUT2D eigenvalue weighted by atomic mass is 32.2. The lowest BCUT2D eigenvalue weighted by Gasteiger charge is -2.28. The average Bonchev–Trinajstić information content (AvgIpc) is 2.72. The number of fused-ring (bicyclic) bond motifs is 1. The molecule has 0 saturated carbocycles. The molecule has 1 heterocycles. The number of hydrogen-bond donors (Lipinski definition) is 1. The molecule has 28 heavy (non-hydrogen) atoms. The Balaban J connectivity index is 1.51. The molecule has 1 amide bonds. The molecule has 1 N–H and O–H groups in total. The summed E-state index contributed by atoms with van der Waals surface area (Å²) in [5.74, 6) is 0.347. The van der Waals surface area contributed by atoms with E-state index in [4.69, 9.17) is 4.74 Å². The molecular weight excluding hydrogens is 376 g/mol. The minimum Gasteiger partial charge on any atom is -0.497 e. The molecule has 148 valence electrons. The fraction of sp³-hybridized carbons (Fsp3) is 0.286. The fourth-order valence-corrected chi connectivity index (χ4v) is 4.42. The van der Waals surface area contributed by atoms with E-state index in [2.05, 4.69) is 5.32 Å². The number of carbonyl (C=O) groups is 1. The molecule has 0 spiro atoms. The summed E-state index contributed by atoms with van der Waals surface area (Å²) in [5, 5.41) is 2.63. The second-order valence-corrected chi connectivity index (χ2v) is 8.66. The van der Waals surface area contributed by atoms with Gasteiger partial charge in [-0.1, -0.05) is 36.4 Å². The maximum Gasteiger partial charge on any atom is 0.244 e. The first-order valence-corrected chi connectivity index (χ1v) is 10.7. The minimum atomic E-state index is -3.44. The lowest BCUT2D eigenvalue weighted by Crippen LogP contribution is -2.40. The normalized spacial score (nSPS) is 14.6. The molecule has 0 aromatic heterocycles. The van der Waals surface area contributed by atoms with Crippen molar-refractivity contribution >= 4 is 22.0 Å². The Kier molecular flexibility index (Phi) is 6.49. The molecule has 3 rings (SSSR count). The van der Waals surface area contributed by atoms with E-state index in [0.29, 0.717) is 19.5 Å². The standard InChI is InChI=1S/C21H24N2O4S/c1-27-20-9-8-19-16-23(13-11-18(19)15-20)28(25,26)14-12-22-21(24)10-7-17-5-3-2-4-6-17/h2-10,15H,11-14,16H2,1H3,(H,22,24)/b10-7+. The van der Waals surface area contributed by atoms with Gasteiger partial charge in [0.05, 0.1) is 12.9 Å². The number of amides is 1. The molecule has 0 aliphatic carbocycles. The van der Waals surface area contributed by atoms with Gasteiger partial charge in [0.1, 0.15) is 5.75 Å². The Bertz CT molecular complexity index is 956. The van der Waals surface area contributed by atoms with E-state index in [1.54, 1.807) is 13.2 Å². The molecule has 0 atom stereocenters. The number of methoxy groups -OCH3 is 1. The summed E-state index contributed by atoms with van der Waals surface area (Å²) in [5.41, 5.74) is 3.02. The van der Waals surface area contributed by atoms with Gasteiger partial charge in [-0.2, -0.15) is 4.31 Å². The molecule has 0 radical (unpaired) electrons. The highest BCUT2D eigenvalue weighted by Gasteiger charge is 2.26. The topological polar surface area (TPSA) is 75.7 Å². The van der Waals surface area contributed by atoms with Crippen molar-refractivity contribution < 1.29 is 17.9 Å². The molecule has 0 saturated heterocycles. The number of rotatable bonds is 7. The summed E-state index contributed by atoms with van der Waals surface area (Å²) in [7, 11) is -1.83. The fourth-order valence-electron chi connectivity index (χ4n) is 3.10. The number of ether oxygens (including phenoxy) is 1. The van der Waals surface area contributed by atoms with Crippen LogP contribution in [0.15, 0.2) is 54.6 Å². The van der Waals surface area contributed by atoms with E-state index >= 15 is 0 Å². The van der Waals surface area contributed by atoms with E-state index in [1.807, 2.05) is 48.5 Å². The zero-order valence-electron chi connectivity index (χ0n) is 15.8. The van der Waals surface area contributed by atoms with Crippen LogP contribution in [0.1, 0.15) is 16.7 Å². The number of benzene rings is 2. The van der Waals surface area contributed by atoms with Crippen LogP contribution in [0.3, 0.4) is 0 Å². The van der Waals surface area contributed by atoms with Crippen LogP contribution in [0.25, 0.3) is 6.08 Å². The molecule has 2 aromatic carbocycles. The Hall–Kier alpha value is -2.64. The van der Waals surface area contributed by atoms with Crippen molar-refractivity contribution in [3.8, 4) is 5.75 Å². The molecule has 2 aromatic rings. The van der Waals surface area contributed by atoms with Gasteiger partial charge < -0.3 is 10.1 Å². The van der Waals surface area contributed by atoms with Crippen LogP contribution in [0.2, 0.25) is 0 Å². The van der Waals surface area contributed by atoms with E-state index < -0.39 is 10.0 Å². The second-order valence-electron chi connectivity index (χ2n) is 6.57. The second kappa shape index (κ2) is 9.03. The molecule has 1 aliphatic heterocycles. The van der Waals surface area contributed by atoms with Gasteiger partial charge in [-0.25, -0.2) is 8.42 Å². The van der Waals surface area contributed by atoms with E-state index in [0.717, 1.165) is 22.4 Å². The maximum atomic E-state index is 12.6. The van der Waals surface area contributed by atoms with Gasteiger partial charge in [-0.3, -0.25) is 4.79 Å². The predicted molar refractivity (Wildman–Crippen MR) is 109 cm³/mol. The first-order valence-electron chi connectivity index (χ1n) is 9.12. The van der Waals surface area contributed by atoms with E-state index in [-0.39, 0.29) is 18.2 Å². The Morgan fingerprint density at radius 1 is 1.18 bits per heavy atom. The Morgan fingerprint density at radius 3 is 2.71 bits per heavy atom. The van der Waals surface area contributed by atoms with Crippen molar-refractivity contribution in [2.75, 3.05) is 26.0 Å². The maximum absolute atomic E-state index is 12.6. The van der Waals surface area contributed by atoms with Crippen molar-refractivity contribution in [3.63, 3.8) is 0 Å². The summed E-state index contributed by atoms with van der Waals surface area (Å²) < 4.78 is 31.9. The first kappa shape index (κ1) is 20.1. The summed E-state index contributed by atoms with van der Waals surface area (Å²) in [6.45, 7) is 0.861. The van der Waals surface area contributed by atoms with Crippen molar-refractivity contribution in [2.45, 2.75) is 13.0 Å². The lowest BCUT2D eigenvalue weighted by atomic mass is 10.0. The van der Waals surface area contributed by atoms with Crippen molar-refractivity contribution in [1.29, 1.82) is 0 Å². The van der Waals surface area contributed by atoms with Gasteiger partial charge in [0.2, 0.25) is 15.9 Å². The predicted octanol–water partition coefficient (Wildman–Crippen LogP) is 2.21. The largest absolute Gasteiger partial charge is 0.497 e. The zero-order valence-corrected chi connectivity index (χ0v) is 16.6. The third-order valence-corrected chi connectivity index (χ3v) is 6.49. The van der Waals surface area contributed by atoms with Gasteiger partial charge in [0.15, 0.2) is 0 Å². The van der Waals surface area contributed by atoms with Crippen molar-refractivity contribution in [2.24, 2.45) is 0 Å². The third kappa shape index (κ3) is 5.21. The van der Waals surface area contributed by atoms with Gasteiger partial charge >= 0.3 is 0 Å². The van der Waals surface area contributed by atoms with Crippen LogP contribution in [0.5, 0.6) is 5.75 Å². The number of hydrogen-bond acceptors (Lipinski definition) is 4. The smallest absolute Gasteiger partial charge is 0.244 e. The Morgan fingerprint density at radius 2 is 1.96 bits per heavy atom. The van der Waals surface area contributed by atoms with E-state index in [1.165, 1.54) is 10.4 Å². The molecule has 1 aliphatic rings. The number of carbonyl (C=O) groups excluding carboxylic acids is 1. The highest BCUT2D eigenvalue weighted by molar-refractivity contribution is 7.89. The molecule has 6 nitrogen and oxygen atoms in total.